The number of nitrogens with zero attached hydrogens (tertiary/aromatic N) is 1. The van der Waals surface area contributed by atoms with Crippen molar-refractivity contribution in [1.82, 2.24) is 10.2 Å². The van der Waals surface area contributed by atoms with Crippen molar-refractivity contribution in [3.8, 4) is 12.3 Å². The third kappa shape index (κ3) is 2.80. The van der Waals surface area contributed by atoms with Gasteiger partial charge in [-0.1, -0.05) is 5.92 Å². The van der Waals surface area contributed by atoms with Crippen molar-refractivity contribution in [2.24, 2.45) is 0 Å². The minimum Gasteiger partial charge on any atom is -0.480 e. The van der Waals surface area contributed by atoms with Gasteiger partial charge in [-0.05, 0) is 6.92 Å². The van der Waals surface area contributed by atoms with E-state index >= 15 is 0 Å². The first-order valence-corrected chi connectivity index (χ1v) is 5.55. The van der Waals surface area contributed by atoms with Crippen molar-refractivity contribution in [1.29, 1.82) is 0 Å². The number of carbonyl (C=O) groups excluding carboxylic acids is 1. The number of aliphatic carboxylic acids is 1. The predicted octanol–water partition coefficient (Wildman–Crippen LogP) is 0.177. The largest absolute Gasteiger partial charge is 0.480 e. The van der Waals surface area contributed by atoms with E-state index in [1.807, 2.05) is 0 Å². The maximum Gasteiger partial charge on any atom is 0.327 e. The van der Waals surface area contributed by atoms with Crippen LogP contribution in [0.3, 0.4) is 0 Å². The molecule has 82 valence electrons. The summed E-state index contributed by atoms with van der Waals surface area (Å²) >= 11 is 1.41. The van der Waals surface area contributed by atoms with Gasteiger partial charge in [-0.3, -0.25) is 0 Å². The van der Waals surface area contributed by atoms with Crippen LogP contribution in [-0.4, -0.2) is 45.7 Å². The fourth-order valence-electron chi connectivity index (χ4n) is 1.16. The van der Waals surface area contributed by atoms with Crippen LogP contribution in [0.15, 0.2) is 0 Å². The zero-order chi connectivity index (χ0) is 11.4. The van der Waals surface area contributed by atoms with Gasteiger partial charge < -0.3 is 15.3 Å². The zero-order valence-corrected chi connectivity index (χ0v) is 9.08. The average molecular weight is 228 g/mol. The first-order valence-electron chi connectivity index (χ1n) is 4.40. The van der Waals surface area contributed by atoms with Crippen LogP contribution in [0.2, 0.25) is 0 Å². The Morgan fingerprint density at radius 3 is 2.93 bits per heavy atom. The second-order valence-electron chi connectivity index (χ2n) is 3.16. The molecule has 1 fully saturated rings. The summed E-state index contributed by atoms with van der Waals surface area (Å²) < 4.78 is 0. The van der Waals surface area contributed by atoms with Crippen LogP contribution in [0.25, 0.3) is 0 Å². The lowest BCUT2D eigenvalue weighted by Gasteiger charge is -2.21. The number of carboxylic acid groups (broad SMARTS) is 1. The van der Waals surface area contributed by atoms with E-state index in [-0.39, 0.29) is 0 Å². The van der Waals surface area contributed by atoms with Crippen LogP contribution in [-0.2, 0) is 4.79 Å². The number of amides is 2. The smallest absolute Gasteiger partial charge is 0.327 e. The molecule has 2 amide bonds. The molecular formula is C9H12N2O3S. The monoisotopic (exact) mass is 228 g/mol. The number of carbonyl (C=O) groups is 2. The van der Waals surface area contributed by atoms with Crippen molar-refractivity contribution in [2.75, 3.05) is 11.6 Å². The standard InChI is InChI=1S/C9H12N2O3S/c1-3-6(2)10-9(14)11-5-15-4-7(11)8(12)13/h1,6-7H,4-5H2,2H3,(H,10,14)(H,12,13). The minimum atomic E-state index is -0.983. The van der Waals surface area contributed by atoms with E-state index in [4.69, 9.17) is 11.5 Å². The van der Waals surface area contributed by atoms with E-state index in [1.165, 1.54) is 16.7 Å². The van der Waals surface area contributed by atoms with Gasteiger partial charge in [0, 0.05) is 5.75 Å². The van der Waals surface area contributed by atoms with Gasteiger partial charge in [-0.25, -0.2) is 9.59 Å². The van der Waals surface area contributed by atoms with E-state index in [0.29, 0.717) is 11.6 Å². The van der Waals surface area contributed by atoms with Gasteiger partial charge in [0.05, 0.1) is 11.9 Å². The van der Waals surface area contributed by atoms with Gasteiger partial charge in [0.25, 0.3) is 0 Å². The van der Waals surface area contributed by atoms with Gasteiger partial charge >= 0.3 is 12.0 Å². The number of carboxylic acids is 1. The van der Waals surface area contributed by atoms with Gasteiger partial charge in [-0.15, -0.1) is 18.2 Å². The van der Waals surface area contributed by atoms with Crippen molar-refractivity contribution < 1.29 is 14.7 Å². The first kappa shape index (κ1) is 11.7. The van der Waals surface area contributed by atoms with Crippen LogP contribution < -0.4 is 5.32 Å². The van der Waals surface area contributed by atoms with E-state index in [2.05, 4.69) is 11.2 Å². The maximum atomic E-state index is 11.6. The van der Waals surface area contributed by atoms with E-state index < -0.39 is 24.1 Å². The van der Waals surface area contributed by atoms with Crippen molar-refractivity contribution in [2.45, 2.75) is 19.0 Å². The molecule has 0 saturated carbocycles. The SMILES string of the molecule is C#CC(C)NC(=O)N1CSCC1C(=O)O. The molecule has 2 N–H and O–H groups in total. The predicted molar refractivity (Wildman–Crippen MR) is 57.4 cm³/mol. The number of hydrogen-bond acceptors (Lipinski definition) is 3. The van der Waals surface area contributed by atoms with Crippen LogP contribution in [0, 0.1) is 12.3 Å². The highest BCUT2D eigenvalue weighted by atomic mass is 32.2. The first-order chi connectivity index (χ1) is 7.06. The number of terminal acetylenes is 1. The molecular weight excluding hydrogens is 216 g/mol. The number of rotatable bonds is 2. The number of nitrogens with one attached hydrogen (secondary N) is 1. The summed E-state index contributed by atoms with van der Waals surface area (Å²) in [4.78, 5) is 23.6. The highest BCUT2D eigenvalue weighted by Gasteiger charge is 2.34. The van der Waals surface area contributed by atoms with Crippen LogP contribution in [0.4, 0.5) is 4.79 Å². The normalized spacial score (nSPS) is 21.9. The summed E-state index contributed by atoms with van der Waals surface area (Å²) in [6.07, 6.45) is 5.11. The molecule has 1 aliphatic heterocycles. The third-order valence-corrected chi connectivity index (χ3v) is 3.03. The molecule has 1 saturated heterocycles. The molecule has 0 spiro atoms. The lowest BCUT2D eigenvalue weighted by Crippen LogP contribution is -2.48. The Morgan fingerprint density at radius 1 is 1.73 bits per heavy atom. The van der Waals surface area contributed by atoms with E-state index in [9.17, 15) is 9.59 Å². The third-order valence-electron chi connectivity index (χ3n) is 2.02. The van der Waals surface area contributed by atoms with Gasteiger partial charge in [0.1, 0.15) is 6.04 Å². The van der Waals surface area contributed by atoms with Crippen molar-refractivity contribution in [3.63, 3.8) is 0 Å². The molecule has 0 bridgehead atoms. The minimum absolute atomic E-state index is 0.389. The van der Waals surface area contributed by atoms with Gasteiger partial charge in [0.2, 0.25) is 0 Å². The Hall–Kier alpha value is -1.35. The molecule has 0 aromatic heterocycles. The summed E-state index contributed by atoms with van der Waals surface area (Å²) in [5, 5.41) is 11.4. The Kier molecular flexibility index (Phi) is 3.86. The second kappa shape index (κ2) is 4.94. The molecule has 1 heterocycles. The molecule has 15 heavy (non-hydrogen) atoms. The van der Waals surface area contributed by atoms with Crippen LogP contribution >= 0.6 is 11.8 Å². The molecule has 5 nitrogen and oxygen atoms in total. The summed E-state index contributed by atoms with van der Waals surface area (Å²) in [7, 11) is 0. The maximum absolute atomic E-state index is 11.6. The Bertz CT molecular complexity index is 313. The van der Waals surface area contributed by atoms with Gasteiger partial charge in [0.15, 0.2) is 0 Å². The molecule has 6 heteroatoms. The molecule has 0 radical (unpaired) electrons. The summed E-state index contributed by atoms with van der Waals surface area (Å²) in [6, 6.07) is -1.56. The van der Waals surface area contributed by atoms with Crippen molar-refractivity contribution >= 4 is 23.8 Å². The molecule has 2 unspecified atom stereocenters. The zero-order valence-electron chi connectivity index (χ0n) is 8.27. The number of thioether (sulfide) groups is 1. The fraction of sp³-hybridized carbons (Fsp3) is 0.556. The van der Waals surface area contributed by atoms with E-state index in [1.54, 1.807) is 6.92 Å². The fourth-order valence-corrected chi connectivity index (χ4v) is 2.30. The lowest BCUT2D eigenvalue weighted by atomic mass is 10.3. The summed E-state index contributed by atoms with van der Waals surface area (Å²) in [5.41, 5.74) is 0. The Balaban J connectivity index is 2.59. The molecule has 0 aliphatic carbocycles. The molecule has 0 aromatic carbocycles. The molecule has 2 atom stereocenters. The van der Waals surface area contributed by atoms with Crippen LogP contribution in [0.5, 0.6) is 0 Å². The molecule has 1 rings (SSSR count). The lowest BCUT2D eigenvalue weighted by molar-refractivity contribution is -0.140. The van der Waals surface area contributed by atoms with Gasteiger partial charge in [-0.2, -0.15) is 0 Å². The highest BCUT2D eigenvalue weighted by Crippen LogP contribution is 2.20. The van der Waals surface area contributed by atoms with Crippen molar-refractivity contribution in [3.05, 3.63) is 0 Å². The molecule has 0 aromatic rings. The van der Waals surface area contributed by atoms with Crippen LogP contribution in [0.1, 0.15) is 6.92 Å². The number of hydrogen-bond donors (Lipinski definition) is 2. The highest BCUT2D eigenvalue weighted by molar-refractivity contribution is 7.99. The topological polar surface area (TPSA) is 69.6 Å². The van der Waals surface area contributed by atoms with E-state index in [0.717, 1.165) is 0 Å². The molecule has 1 aliphatic rings. The quantitative estimate of drug-likeness (QED) is 0.661. The average Bonchev–Trinajstić information content (AvgIpc) is 2.65. The summed E-state index contributed by atoms with van der Waals surface area (Å²) in [6.45, 7) is 1.66. The Labute approximate surface area is 92.2 Å². The Morgan fingerprint density at radius 2 is 2.40 bits per heavy atom. The summed E-state index contributed by atoms with van der Waals surface area (Å²) in [5.74, 6) is 2.18. The second-order valence-corrected chi connectivity index (χ2v) is 4.16. The number of urea groups is 1.